The highest BCUT2D eigenvalue weighted by atomic mass is 16.5. The van der Waals surface area contributed by atoms with Crippen LogP contribution in [0.3, 0.4) is 0 Å². The van der Waals surface area contributed by atoms with Crippen molar-refractivity contribution in [3.05, 3.63) is 35.9 Å². The Morgan fingerprint density at radius 2 is 2.12 bits per heavy atom. The summed E-state index contributed by atoms with van der Waals surface area (Å²) in [6.07, 6.45) is 3.55. The van der Waals surface area contributed by atoms with Gasteiger partial charge in [-0.3, -0.25) is 4.79 Å². The molecule has 25 heavy (non-hydrogen) atoms. The van der Waals surface area contributed by atoms with Crippen LogP contribution >= 0.6 is 0 Å². The van der Waals surface area contributed by atoms with Crippen LogP contribution in [0.15, 0.2) is 30.3 Å². The van der Waals surface area contributed by atoms with Crippen LogP contribution in [-0.4, -0.2) is 55.7 Å². The third-order valence-corrected chi connectivity index (χ3v) is 5.39. The van der Waals surface area contributed by atoms with E-state index in [0.29, 0.717) is 12.0 Å². The van der Waals surface area contributed by atoms with Gasteiger partial charge in [0.15, 0.2) is 0 Å². The van der Waals surface area contributed by atoms with Crippen molar-refractivity contribution in [3.8, 4) is 0 Å². The van der Waals surface area contributed by atoms with Crippen LogP contribution in [0.2, 0.25) is 0 Å². The van der Waals surface area contributed by atoms with E-state index in [4.69, 9.17) is 4.74 Å². The first kappa shape index (κ1) is 16.3. The summed E-state index contributed by atoms with van der Waals surface area (Å²) >= 11 is 0. The lowest BCUT2D eigenvalue weighted by atomic mass is 9.88. The van der Waals surface area contributed by atoms with E-state index in [0.717, 1.165) is 61.2 Å². The lowest BCUT2D eigenvalue weighted by Crippen LogP contribution is -2.48. The van der Waals surface area contributed by atoms with Gasteiger partial charge in [0.2, 0.25) is 0 Å². The van der Waals surface area contributed by atoms with E-state index >= 15 is 0 Å². The Morgan fingerprint density at radius 3 is 2.96 bits per heavy atom. The Kier molecular flexibility index (Phi) is 4.34. The number of hydrogen-bond acceptors (Lipinski definition) is 4. The normalized spacial score (nSPS) is 23.4. The fraction of sp³-hybridized carbons (Fsp3) is 0.500. The highest BCUT2D eigenvalue weighted by Gasteiger charge is 2.34. The average molecular weight is 339 g/mol. The Hall–Kier alpha value is -2.14. The molecule has 5 nitrogen and oxygen atoms in total. The fourth-order valence-electron chi connectivity index (χ4n) is 4.01. The van der Waals surface area contributed by atoms with Crippen LogP contribution in [0.1, 0.15) is 29.6 Å². The monoisotopic (exact) mass is 339 g/mol. The van der Waals surface area contributed by atoms with Crippen molar-refractivity contribution in [2.24, 2.45) is 5.92 Å². The maximum Gasteiger partial charge on any atom is 0.254 e. The zero-order chi connectivity index (χ0) is 17.4. The molecule has 2 aliphatic heterocycles. The molecule has 0 N–H and O–H groups in total. The smallest absolute Gasteiger partial charge is 0.254 e. The fourth-order valence-corrected chi connectivity index (χ4v) is 4.01. The highest BCUT2D eigenvalue weighted by molar-refractivity contribution is 6.07. The molecule has 0 unspecified atom stereocenters. The van der Waals surface area contributed by atoms with Crippen LogP contribution < -0.4 is 4.90 Å². The topological polar surface area (TPSA) is 45.7 Å². The van der Waals surface area contributed by atoms with Crippen molar-refractivity contribution < 1.29 is 9.53 Å². The van der Waals surface area contributed by atoms with Crippen LogP contribution in [0.5, 0.6) is 0 Å². The van der Waals surface area contributed by atoms with Crippen LogP contribution in [0.25, 0.3) is 10.9 Å². The number of amides is 1. The van der Waals surface area contributed by atoms with Gasteiger partial charge >= 0.3 is 0 Å². The van der Waals surface area contributed by atoms with Gasteiger partial charge < -0.3 is 14.5 Å². The van der Waals surface area contributed by atoms with Crippen molar-refractivity contribution in [3.63, 3.8) is 0 Å². The van der Waals surface area contributed by atoms with Crippen molar-refractivity contribution in [1.82, 2.24) is 9.88 Å². The molecule has 5 heteroatoms. The van der Waals surface area contributed by atoms with E-state index in [9.17, 15) is 4.79 Å². The maximum absolute atomic E-state index is 13.3. The number of piperidine rings is 1. The van der Waals surface area contributed by atoms with E-state index < -0.39 is 0 Å². The maximum atomic E-state index is 13.3. The number of carbonyl (C=O) groups excluding carboxylic acids is 1. The predicted molar refractivity (Wildman–Crippen MR) is 99.1 cm³/mol. The van der Waals surface area contributed by atoms with Crippen molar-refractivity contribution in [1.29, 1.82) is 0 Å². The number of pyridine rings is 1. The zero-order valence-electron chi connectivity index (χ0n) is 14.9. The summed E-state index contributed by atoms with van der Waals surface area (Å²) in [5.41, 5.74) is 1.62. The number of rotatable bonds is 2. The number of anilines is 1. The highest BCUT2D eigenvalue weighted by Crippen LogP contribution is 2.30. The van der Waals surface area contributed by atoms with Gasteiger partial charge in [-0.05, 0) is 31.4 Å². The SMILES string of the molecule is CN(C)c1cc(C(=O)N2CC[C@H]3OCCC[C@H]3C2)c2ccccc2n1. The van der Waals surface area contributed by atoms with E-state index in [1.54, 1.807) is 0 Å². The molecule has 0 radical (unpaired) electrons. The zero-order valence-corrected chi connectivity index (χ0v) is 14.9. The number of carbonyl (C=O) groups is 1. The largest absolute Gasteiger partial charge is 0.378 e. The lowest BCUT2D eigenvalue weighted by molar-refractivity contribution is -0.0606. The first-order valence-corrected chi connectivity index (χ1v) is 9.11. The van der Waals surface area contributed by atoms with Gasteiger partial charge in [-0.15, -0.1) is 0 Å². The number of benzene rings is 1. The Morgan fingerprint density at radius 1 is 1.28 bits per heavy atom. The summed E-state index contributed by atoms with van der Waals surface area (Å²) in [6.45, 7) is 2.45. The van der Waals surface area contributed by atoms with Gasteiger partial charge in [0.1, 0.15) is 5.82 Å². The number of para-hydroxylation sites is 1. The summed E-state index contributed by atoms with van der Waals surface area (Å²) in [7, 11) is 3.91. The average Bonchev–Trinajstić information content (AvgIpc) is 2.66. The van der Waals surface area contributed by atoms with Crippen molar-refractivity contribution >= 4 is 22.6 Å². The Labute approximate surface area is 148 Å². The first-order valence-electron chi connectivity index (χ1n) is 9.11. The van der Waals surface area contributed by atoms with Gasteiger partial charge in [-0.25, -0.2) is 4.98 Å². The number of likely N-dealkylation sites (tertiary alicyclic amines) is 1. The molecule has 2 aliphatic rings. The quantitative estimate of drug-likeness (QED) is 0.844. The summed E-state index contributed by atoms with van der Waals surface area (Å²) in [6, 6.07) is 9.82. The second-order valence-corrected chi connectivity index (χ2v) is 7.29. The standard InChI is InChI=1S/C20H25N3O2/c1-22(2)19-12-16(15-7-3-4-8-17(15)21-19)20(24)23-10-9-18-14(13-23)6-5-11-25-18/h3-4,7-8,12,14,18H,5-6,9-11,13H2,1-2H3/t14-,18+/m0/s1. The molecule has 0 saturated carbocycles. The molecule has 0 spiro atoms. The van der Waals surface area contributed by atoms with Crippen molar-refractivity contribution in [2.45, 2.75) is 25.4 Å². The molecular formula is C20H25N3O2. The minimum absolute atomic E-state index is 0.116. The van der Waals surface area contributed by atoms with Gasteiger partial charge in [0.05, 0.1) is 17.2 Å². The van der Waals surface area contributed by atoms with Gasteiger partial charge in [0, 0.05) is 45.1 Å². The molecule has 1 amide bonds. The molecule has 0 bridgehead atoms. The van der Waals surface area contributed by atoms with E-state index in [1.165, 1.54) is 0 Å². The minimum Gasteiger partial charge on any atom is -0.378 e. The van der Waals surface area contributed by atoms with Crippen LogP contribution in [0, 0.1) is 5.92 Å². The summed E-state index contributed by atoms with van der Waals surface area (Å²) in [4.78, 5) is 21.9. The Bertz CT molecular complexity index is 790. The number of ether oxygens (including phenoxy) is 1. The minimum atomic E-state index is 0.116. The molecule has 0 aliphatic carbocycles. The molecular weight excluding hydrogens is 314 g/mol. The molecule has 2 atom stereocenters. The Balaban J connectivity index is 1.67. The second kappa shape index (κ2) is 6.64. The number of hydrogen-bond donors (Lipinski definition) is 0. The van der Waals surface area contributed by atoms with Crippen molar-refractivity contribution in [2.75, 3.05) is 38.7 Å². The van der Waals surface area contributed by atoms with Gasteiger partial charge in [-0.1, -0.05) is 18.2 Å². The number of fused-ring (bicyclic) bond motifs is 2. The predicted octanol–water partition coefficient (Wildman–Crippen LogP) is 2.94. The molecule has 2 aromatic rings. The third kappa shape index (κ3) is 3.09. The molecule has 132 valence electrons. The molecule has 4 rings (SSSR count). The van der Waals surface area contributed by atoms with Gasteiger partial charge in [-0.2, -0.15) is 0 Å². The van der Waals surface area contributed by atoms with E-state index in [-0.39, 0.29) is 5.91 Å². The second-order valence-electron chi connectivity index (χ2n) is 7.29. The number of nitrogens with zero attached hydrogens (tertiary/aromatic N) is 3. The third-order valence-electron chi connectivity index (χ3n) is 5.39. The molecule has 2 fully saturated rings. The first-order chi connectivity index (χ1) is 12.1. The van der Waals surface area contributed by atoms with Crippen LogP contribution in [0.4, 0.5) is 5.82 Å². The van der Waals surface area contributed by atoms with Crippen LogP contribution in [-0.2, 0) is 4.74 Å². The lowest BCUT2D eigenvalue weighted by Gasteiger charge is -2.41. The summed E-state index contributed by atoms with van der Waals surface area (Å²) < 4.78 is 5.88. The van der Waals surface area contributed by atoms with E-state index in [1.807, 2.05) is 54.2 Å². The summed E-state index contributed by atoms with van der Waals surface area (Å²) in [5.74, 6) is 1.41. The summed E-state index contributed by atoms with van der Waals surface area (Å²) in [5, 5.41) is 0.931. The molecule has 1 aromatic carbocycles. The number of aromatic nitrogens is 1. The molecule has 2 saturated heterocycles. The van der Waals surface area contributed by atoms with E-state index in [2.05, 4.69) is 4.98 Å². The van der Waals surface area contributed by atoms with Gasteiger partial charge in [0.25, 0.3) is 5.91 Å². The molecule has 3 heterocycles. The molecule has 1 aromatic heterocycles.